The Labute approximate surface area is 109 Å². The standard InChI is InChI=1S/C14H26N2O2/c1-2-11-4-8-13(18,9-5-11)10-16-12(17)14(15)6-3-7-14/h11,18H,2-10,15H2,1H3,(H,16,17). The van der Waals surface area contributed by atoms with Gasteiger partial charge < -0.3 is 16.2 Å². The number of hydrogen-bond acceptors (Lipinski definition) is 3. The number of carbonyl (C=O) groups excluding carboxylic acids is 1. The molecular weight excluding hydrogens is 228 g/mol. The van der Waals surface area contributed by atoms with E-state index >= 15 is 0 Å². The predicted octanol–water partition coefficient (Wildman–Crippen LogP) is 1.32. The highest BCUT2D eigenvalue weighted by Gasteiger charge is 2.41. The molecule has 104 valence electrons. The van der Waals surface area contributed by atoms with E-state index in [1.165, 1.54) is 6.42 Å². The number of nitrogens with one attached hydrogen (secondary N) is 1. The minimum Gasteiger partial charge on any atom is -0.388 e. The molecule has 0 saturated heterocycles. The normalized spacial score (nSPS) is 34.7. The SMILES string of the molecule is CCC1CCC(O)(CNC(=O)C2(N)CCC2)CC1. The number of nitrogens with two attached hydrogens (primary N) is 1. The van der Waals surface area contributed by atoms with E-state index in [2.05, 4.69) is 12.2 Å². The van der Waals surface area contributed by atoms with Gasteiger partial charge in [-0.05, 0) is 50.9 Å². The lowest BCUT2D eigenvalue weighted by molar-refractivity contribution is -0.131. The van der Waals surface area contributed by atoms with Crippen LogP contribution in [0.15, 0.2) is 0 Å². The number of rotatable bonds is 4. The van der Waals surface area contributed by atoms with Gasteiger partial charge in [-0.25, -0.2) is 0 Å². The molecular formula is C14H26N2O2. The van der Waals surface area contributed by atoms with Crippen LogP contribution in [0.25, 0.3) is 0 Å². The molecule has 2 saturated carbocycles. The maximum absolute atomic E-state index is 11.9. The van der Waals surface area contributed by atoms with Gasteiger partial charge in [0.05, 0.1) is 11.1 Å². The summed E-state index contributed by atoms with van der Waals surface area (Å²) in [5.74, 6) is 0.660. The van der Waals surface area contributed by atoms with E-state index in [-0.39, 0.29) is 5.91 Å². The van der Waals surface area contributed by atoms with E-state index in [0.29, 0.717) is 6.54 Å². The second-order valence-electron chi connectivity index (χ2n) is 6.27. The quantitative estimate of drug-likeness (QED) is 0.708. The van der Waals surface area contributed by atoms with Crippen molar-refractivity contribution in [2.24, 2.45) is 11.7 Å². The van der Waals surface area contributed by atoms with Crippen LogP contribution < -0.4 is 11.1 Å². The summed E-state index contributed by atoms with van der Waals surface area (Å²) < 4.78 is 0. The third-order valence-corrected chi connectivity index (χ3v) is 4.89. The molecule has 0 unspecified atom stereocenters. The van der Waals surface area contributed by atoms with Gasteiger partial charge in [0.25, 0.3) is 0 Å². The minimum atomic E-state index is -0.707. The first-order valence-corrected chi connectivity index (χ1v) is 7.27. The van der Waals surface area contributed by atoms with Crippen molar-refractivity contribution < 1.29 is 9.90 Å². The van der Waals surface area contributed by atoms with Crippen molar-refractivity contribution in [3.63, 3.8) is 0 Å². The Morgan fingerprint density at radius 3 is 2.39 bits per heavy atom. The highest BCUT2D eigenvalue weighted by Crippen LogP contribution is 2.34. The topological polar surface area (TPSA) is 75.3 Å². The molecule has 0 atom stereocenters. The number of hydrogen-bond donors (Lipinski definition) is 3. The molecule has 0 spiro atoms. The second kappa shape index (κ2) is 5.17. The van der Waals surface area contributed by atoms with Gasteiger partial charge in [0, 0.05) is 6.54 Å². The molecule has 0 aliphatic heterocycles. The van der Waals surface area contributed by atoms with E-state index < -0.39 is 11.1 Å². The smallest absolute Gasteiger partial charge is 0.240 e. The molecule has 4 heteroatoms. The van der Waals surface area contributed by atoms with E-state index in [4.69, 9.17) is 5.73 Å². The summed E-state index contributed by atoms with van der Waals surface area (Å²) in [4.78, 5) is 11.9. The van der Waals surface area contributed by atoms with Gasteiger partial charge in [-0.1, -0.05) is 13.3 Å². The van der Waals surface area contributed by atoms with Crippen LogP contribution in [-0.2, 0) is 4.79 Å². The maximum atomic E-state index is 11.9. The van der Waals surface area contributed by atoms with Crippen molar-refractivity contribution in [1.82, 2.24) is 5.32 Å². The summed E-state index contributed by atoms with van der Waals surface area (Å²) >= 11 is 0. The number of aliphatic hydroxyl groups is 1. The molecule has 0 aromatic carbocycles. The van der Waals surface area contributed by atoms with Crippen LogP contribution in [0.3, 0.4) is 0 Å². The summed E-state index contributed by atoms with van der Waals surface area (Å²) in [5, 5.41) is 13.3. The zero-order chi connectivity index (χ0) is 13.2. The van der Waals surface area contributed by atoms with Gasteiger partial charge in [0.15, 0.2) is 0 Å². The molecule has 0 radical (unpaired) electrons. The summed E-state index contributed by atoms with van der Waals surface area (Å²) in [6.45, 7) is 2.56. The van der Waals surface area contributed by atoms with Gasteiger partial charge >= 0.3 is 0 Å². The lowest BCUT2D eigenvalue weighted by atomic mass is 9.76. The summed E-state index contributed by atoms with van der Waals surface area (Å²) in [6, 6.07) is 0. The summed E-state index contributed by atoms with van der Waals surface area (Å²) in [6.07, 6.45) is 7.49. The lowest BCUT2D eigenvalue weighted by Crippen LogP contribution is -2.60. The Hall–Kier alpha value is -0.610. The van der Waals surface area contributed by atoms with Crippen LogP contribution in [0.2, 0.25) is 0 Å². The van der Waals surface area contributed by atoms with E-state index in [0.717, 1.165) is 50.9 Å². The van der Waals surface area contributed by atoms with Crippen molar-refractivity contribution in [3.8, 4) is 0 Å². The molecule has 0 heterocycles. The Morgan fingerprint density at radius 2 is 1.94 bits per heavy atom. The molecule has 0 bridgehead atoms. The largest absolute Gasteiger partial charge is 0.388 e. The van der Waals surface area contributed by atoms with Gasteiger partial charge in [-0.2, -0.15) is 0 Å². The Balaban J connectivity index is 1.77. The first-order valence-electron chi connectivity index (χ1n) is 7.27. The zero-order valence-electron chi connectivity index (χ0n) is 11.4. The molecule has 2 aliphatic rings. The van der Waals surface area contributed by atoms with Crippen LogP contribution in [0.4, 0.5) is 0 Å². The predicted molar refractivity (Wildman–Crippen MR) is 71.0 cm³/mol. The van der Waals surface area contributed by atoms with Crippen molar-refractivity contribution >= 4 is 5.91 Å². The first-order chi connectivity index (χ1) is 8.47. The molecule has 2 aliphatic carbocycles. The maximum Gasteiger partial charge on any atom is 0.240 e. The average molecular weight is 254 g/mol. The van der Waals surface area contributed by atoms with Crippen molar-refractivity contribution in [3.05, 3.63) is 0 Å². The minimum absolute atomic E-state index is 0.0835. The third-order valence-electron chi connectivity index (χ3n) is 4.89. The van der Waals surface area contributed by atoms with Crippen LogP contribution in [0.5, 0.6) is 0 Å². The molecule has 0 aromatic heterocycles. The summed E-state index contributed by atoms with van der Waals surface area (Å²) in [5.41, 5.74) is 4.59. The highest BCUT2D eigenvalue weighted by molar-refractivity contribution is 5.87. The van der Waals surface area contributed by atoms with Gasteiger partial charge in [0.1, 0.15) is 0 Å². The number of amides is 1. The summed E-state index contributed by atoms with van der Waals surface area (Å²) in [7, 11) is 0. The van der Waals surface area contributed by atoms with E-state index in [1.807, 2.05) is 0 Å². The van der Waals surface area contributed by atoms with Crippen molar-refractivity contribution in [1.29, 1.82) is 0 Å². The van der Waals surface area contributed by atoms with Gasteiger partial charge in [-0.15, -0.1) is 0 Å². The Bertz CT molecular complexity index is 305. The second-order valence-corrected chi connectivity index (χ2v) is 6.27. The van der Waals surface area contributed by atoms with Crippen LogP contribution >= 0.6 is 0 Å². The fourth-order valence-electron chi connectivity index (χ4n) is 3.01. The molecule has 4 nitrogen and oxygen atoms in total. The fraction of sp³-hybridized carbons (Fsp3) is 0.929. The van der Waals surface area contributed by atoms with Gasteiger partial charge in [-0.3, -0.25) is 4.79 Å². The molecule has 18 heavy (non-hydrogen) atoms. The van der Waals surface area contributed by atoms with Crippen molar-refractivity contribution in [2.75, 3.05) is 6.54 Å². The first kappa shape index (κ1) is 13.8. The van der Waals surface area contributed by atoms with Crippen LogP contribution in [0, 0.1) is 5.92 Å². The molecule has 4 N–H and O–H groups in total. The monoisotopic (exact) mass is 254 g/mol. The average Bonchev–Trinajstić information content (AvgIpc) is 2.34. The Kier molecular flexibility index (Phi) is 3.97. The van der Waals surface area contributed by atoms with Gasteiger partial charge in [0.2, 0.25) is 5.91 Å². The fourth-order valence-corrected chi connectivity index (χ4v) is 3.01. The van der Waals surface area contributed by atoms with Crippen LogP contribution in [0.1, 0.15) is 58.3 Å². The lowest BCUT2D eigenvalue weighted by Gasteiger charge is -2.39. The molecule has 1 amide bonds. The zero-order valence-corrected chi connectivity index (χ0v) is 11.4. The van der Waals surface area contributed by atoms with E-state index in [1.54, 1.807) is 0 Å². The van der Waals surface area contributed by atoms with E-state index in [9.17, 15) is 9.90 Å². The highest BCUT2D eigenvalue weighted by atomic mass is 16.3. The molecule has 2 rings (SSSR count). The van der Waals surface area contributed by atoms with Crippen molar-refractivity contribution in [2.45, 2.75) is 69.4 Å². The third kappa shape index (κ3) is 2.86. The Morgan fingerprint density at radius 1 is 1.33 bits per heavy atom. The van der Waals surface area contributed by atoms with Crippen LogP contribution in [-0.4, -0.2) is 28.7 Å². The molecule has 0 aromatic rings. The molecule has 2 fully saturated rings. The number of carbonyl (C=O) groups is 1.